The smallest absolute Gasteiger partial charge is 0.321 e. The third-order valence-corrected chi connectivity index (χ3v) is 2.87. The van der Waals surface area contributed by atoms with Gasteiger partial charge in [-0.1, -0.05) is 12.5 Å². The number of amides is 2. The molecule has 5 heteroatoms. The number of nitrogens with two attached hydrogens (primary N) is 1. The van der Waals surface area contributed by atoms with E-state index in [-0.39, 0.29) is 6.03 Å². The summed E-state index contributed by atoms with van der Waals surface area (Å²) in [4.78, 5) is 13.6. The van der Waals surface area contributed by atoms with E-state index >= 15 is 0 Å². The van der Waals surface area contributed by atoms with Crippen molar-refractivity contribution in [1.82, 2.24) is 4.90 Å². The molecule has 0 aliphatic rings. The van der Waals surface area contributed by atoms with Crippen LogP contribution in [0.1, 0.15) is 19.3 Å². The molecule has 1 rings (SSSR count). The number of nitrogens with one attached hydrogen (secondary N) is 1. The summed E-state index contributed by atoms with van der Waals surface area (Å²) in [5.74, 6) is 0.725. The average molecular weight is 265 g/mol. The molecule has 0 aliphatic carbocycles. The van der Waals surface area contributed by atoms with Gasteiger partial charge in [-0.15, -0.1) is 0 Å². The van der Waals surface area contributed by atoms with Gasteiger partial charge < -0.3 is 20.7 Å². The van der Waals surface area contributed by atoms with Gasteiger partial charge in [-0.05, 0) is 31.5 Å². The highest BCUT2D eigenvalue weighted by Gasteiger charge is 2.08. The molecule has 0 saturated heterocycles. The minimum Gasteiger partial charge on any atom is -0.497 e. The van der Waals surface area contributed by atoms with Crippen LogP contribution in [-0.4, -0.2) is 38.2 Å². The van der Waals surface area contributed by atoms with Crippen molar-refractivity contribution in [2.45, 2.75) is 19.3 Å². The molecule has 1 aromatic carbocycles. The monoisotopic (exact) mass is 265 g/mol. The lowest BCUT2D eigenvalue weighted by Gasteiger charge is -2.18. The predicted molar refractivity (Wildman–Crippen MR) is 77.5 cm³/mol. The minimum atomic E-state index is -0.110. The van der Waals surface area contributed by atoms with Crippen LogP contribution in [0.4, 0.5) is 10.5 Å². The maximum Gasteiger partial charge on any atom is 0.321 e. The normalized spacial score (nSPS) is 10.1. The summed E-state index contributed by atoms with van der Waals surface area (Å²) in [6, 6.07) is 7.20. The Labute approximate surface area is 114 Å². The van der Waals surface area contributed by atoms with E-state index in [1.807, 2.05) is 18.2 Å². The van der Waals surface area contributed by atoms with E-state index in [0.29, 0.717) is 6.54 Å². The number of urea groups is 1. The van der Waals surface area contributed by atoms with E-state index in [1.54, 1.807) is 25.1 Å². The lowest BCUT2D eigenvalue weighted by atomic mass is 10.2. The standard InChI is InChI=1S/C14H23N3O2/c1-17(10-5-3-4-9-15)14(18)16-12-7-6-8-13(11-12)19-2/h6-8,11H,3-5,9-10,15H2,1-2H3,(H,16,18). The zero-order chi connectivity index (χ0) is 14.1. The third-order valence-electron chi connectivity index (χ3n) is 2.87. The van der Waals surface area contributed by atoms with Crippen LogP contribution in [0.5, 0.6) is 5.75 Å². The summed E-state index contributed by atoms with van der Waals surface area (Å²) in [5.41, 5.74) is 6.16. The molecule has 0 bridgehead atoms. The molecule has 0 radical (unpaired) electrons. The number of unbranched alkanes of at least 4 members (excludes halogenated alkanes) is 2. The first-order valence-corrected chi connectivity index (χ1v) is 6.53. The van der Waals surface area contributed by atoms with Gasteiger partial charge in [0.05, 0.1) is 7.11 Å². The van der Waals surface area contributed by atoms with Crippen LogP contribution in [0.2, 0.25) is 0 Å². The number of benzene rings is 1. The highest BCUT2D eigenvalue weighted by Crippen LogP contribution is 2.16. The van der Waals surface area contributed by atoms with Crippen LogP contribution >= 0.6 is 0 Å². The van der Waals surface area contributed by atoms with Crippen molar-refractivity contribution in [3.8, 4) is 5.75 Å². The lowest BCUT2D eigenvalue weighted by molar-refractivity contribution is 0.221. The van der Waals surface area contributed by atoms with Gasteiger partial charge in [0, 0.05) is 25.3 Å². The van der Waals surface area contributed by atoms with E-state index in [0.717, 1.165) is 37.2 Å². The number of nitrogens with zero attached hydrogens (tertiary/aromatic N) is 1. The highest BCUT2D eigenvalue weighted by atomic mass is 16.5. The number of carbonyl (C=O) groups is 1. The molecule has 0 heterocycles. The number of anilines is 1. The molecular weight excluding hydrogens is 242 g/mol. The summed E-state index contributed by atoms with van der Waals surface area (Å²) in [7, 11) is 3.39. The molecule has 0 saturated carbocycles. The summed E-state index contributed by atoms with van der Waals surface area (Å²) in [6.45, 7) is 1.44. The molecule has 0 unspecified atom stereocenters. The number of carbonyl (C=O) groups excluding carboxylic acids is 1. The fourth-order valence-electron chi connectivity index (χ4n) is 1.69. The molecule has 1 aromatic rings. The first kappa shape index (κ1) is 15.3. The maximum atomic E-state index is 11.9. The summed E-state index contributed by atoms with van der Waals surface area (Å²) < 4.78 is 5.11. The minimum absolute atomic E-state index is 0.110. The van der Waals surface area contributed by atoms with Gasteiger partial charge in [0.15, 0.2) is 0 Å². The van der Waals surface area contributed by atoms with Crippen molar-refractivity contribution in [2.75, 3.05) is 32.6 Å². The molecule has 0 aliphatic heterocycles. The zero-order valence-corrected chi connectivity index (χ0v) is 11.7. The predicted octanol–water partition coefficient (Wildman–Crippen LogP) is 2.29. The van der Waals surface area contributed by atoms with Crippen LogP contribution < -0.4 is 15.8 Å². The van der Waals surface area contributed by atoms with Gasteiger partial charge in [0.2, 0.25) is 0 Å². The first-order chi connectivity index (χ1) is 9.17. The summed E-state index contributed by atoms with van der Waals surface area (Å²) in [6.07, 6.45) is 3.03. The Balaban J connectivity index is 2.40. The number of hydrogen-bond acceptors (Lipinski definition) is 3. The second kappa shape index (κ2) is 8.37. The fraction of sp³-hybridized carbons (Fsp3) is 0.500. The zero-order valence-electron chi connectivity index (χ0n) is 11.7. The molecule has 0 spiro atoms. The molecule has 0 atom stereocenters. The number of methoxy groups -OCH3 is 1. The van der Waals surface area contributed by atoms with Crippen molar-refractivity contribution in [2.24, 2.45) is 5.73 Å². The van der Waals surface area contributed by atoms with E-state index in [2.05, 4.69) is 5.32 Å². The van der Waals surface area contributed by atoms with E-state index in [4.69, 9.17) is 10.5 Å². The number of ether oxygens (including phenoxy) is 1. The third kappa shape index (κ3) is 5.61. The van der Waals surface area contributed by atoms with Gasteiger partial charge in [-0.2, -0.15) is 0 Å². The first-order valence-electron chi connectivity index (χ1n) is 6.53. The Morgan fingerprint density at radius 3 is 2.84 bits per heavy atom. The largest absolute Gasteiger partial charge is 0.497 e. The van der Waals surface area contributed by atoms with E-state index < -0.39 is 0 Å². The Morgan fingerprint density at radius 2 is 2.16 bits per heavy atom. The van der Waals surface area contributed by atoms with Crippen molar-refractivity contribution in [1.29, 1.82) is 0 Å². The van der Waals surface area contributed by atoms with Crippen LogP contribution in [0.15, 0.2) is 24.3 Å². The Hall–Kier alpha value is -1.75. The Kier molecular flexibility index (Phi) is 6.74. The quantitative estimate of drug-likeness (QED) is 0.743. The SMILES string of the molecule is COc1cccc(NC(=O)N(C)CCCCCN)c1. The van der Waals surface area contributed by atoms with Crippen molar-refractivity contribution < 1.29 is 9.53 Å². The lowest BCUT2D eigenvalue weighted by Crippen LogP contribution is -2.32. The van der Waals surface area contributed by atoms with Gasteiger partial charge in [0.25, 0.3) is 0 Å². The Morgan fingerprint density at radius 1 is 1.37 bits per heavy atom. The van der Waals surface area contributed by atoms with Gasteiger partial charge >= 0.3 is 6.03 Å². The molecule has 5 nitrogen and oxygen atoms in total. The maximum absolute atomic E-state index is 11.9. The molecule has 106 valence electrons. The van der Waals surface area contributed by atoms with Crippen LogP contribution in [0, 0.1) is 0 Å². The molecule has 3 N–H and O–H groups in total. The Bertz CT molecular complexity index is 396. The highest BCUT2D eigenvalue weighted by molar-refractivity contribution is 5.89. The second-order valence-electron chi connectivity index (χ2n) is 4.43. The van der Waals surface area contributed by atoms with Crippen LogP contribution in [0.25, 0.3) is 0 Å². The molecule has 2 amide bonds. The van der Waals surface area contributed by atoms with Gasteiger partial charge in [-0.3, -0.25) is 0 Å². The molecular formula is C14H23N3O2. The molecule has 0 aromatic heterocycles. The molecule has 0 fully saturated rings. The fourth-order valence-corrected chi connectivity index (χ4v) is 1.69. The second-order valence-corrected chi connectivity index (χ2v) is 4.43. The number of hydrogen-bond donors (Lipinski definition) is 2. The number of rotatable bonds is 7. The van der Waals surface area contributed by atoms with Gasteiger partial charge in [-0.25, -0.2) is 4.79 Å². The van der Waals surface area contributed by atoms with Crippen molar-refractivity contribution in [3.05, 3.63) is 24.3 Å². The molecule has 19 heavy (non-hydrogen) atoms. The van der Waals surface area contributed by atoms with Gasteiger partial charge in [0.1, 0.15) is 5.75 Å². The van der Waals surface area contributed by atoms with Crippen LogP contribution in [0.3, 0.4) is 0 Å². The van der Waals surface area contributed by atoms with Crippen LogP contribution in [-0.2, 0) is 0 Å². The topological polar surface area (TPSA) is 67.6 Å². The van der Waals surface area contributed by atoms with E-state index in [9.17, 15) is 4.79 Å². The van der Waals surface area contributed by atoms with Crippen molar-refractivity contribution >= 4 is 11.7 Å². The van der Waals surface area contributed by atoms with Crippen molar-refractivity contribution in [3.63, 3.8) is 0 Å². The summed E-state index contributed by atoms with van der Waals surface area (Å²) in [5, 5.41) is 2.84. The summed E-state index contributed by atoms with van der Waals surface area (Å²) >= 11 is 0. The average Bonchev–Trinajstić information content (AvgIpc) is 2.43. The van der Waals surface area contributed by atoms with E-state index in [1.165, 1.54) is 0 Å².